The Hall–Kier alpha value is -3.36. The molecule has 0 aliphatic rings. The van der Waals surface area contributed by atoms with Crippen molar-refractivity contribution in [3.63, 3.8) is 0 Å². The third-order valence-corrected chi connectivity index (χ3v) is 3.82. The fourth-order valence-electron chi connectivity index (χ4n) is 2.11. The van der Waals surface area contributed by atoms with Crippen LogP contribution in [-0.4, -0.2) is 38.7 Å². The molecule has 2 aromatic rings. The van der Waals surface area contributed by atoms with Crippen molar-refractivity contribution in [2.45, 2.75) is 26.3 Å². The highest BCUT2D eigenvalue weighted by atomic mass is 16.2. The second kappa shape index (κ2) is 9.21. The van der Waals surface area contributed by atoms with E-state index in [1.807, 2.05) is 13.8 Å². The van der Waals surface area contributed by atoms with Crippen LogP contribution in [0, 0.1) is 5.92 Å². The fraction of sp³-hybridized carbons (Fsp3) is 0.294. The van der Waals surface area contributed by atoms with Crippen LogP contribution in [0.25, 0.3) is 0 Å². The van der Waals surface area contributed by atoms with Crippen molar-refractivity contribution in [3.05, 3.63) is 54.4 Å². The van der Waals surface area contributed by atoms with Gasteiger partial charge in [-0.2, -0.15) is 0 Å². The number of nitrogens with one attached hydrogen (secondary N) is 3. The SMILES string of the molecule is CCC(C)C(NC(=O)c1cnccn1)C(=O)NNC(=O)c1ccncc1. The number of nitrogens with zero attached hydrogens (tertiary/aromatic N) is 3. The van der Waals surface area contributed by atoms with Crippen molar-refractivity contribution in [3.8, 4) is 0 Å². The van der Waals surface area contributed by atoms with Gasteiger partial charge in [-0.05, 0) is 18.1 Å². The highest BCUT2D eigenvalue weighted by Gasteiger charge is 2.27. The van der Waals surface area contributed by atoms with E-state index in [4.69, 9.17) is 0 Å². The van der Waals surface area contributed by atoms with Gasteiger partial charge in [0.05, 0.1) is 6.20 Å². The predicted octanol–water partition coefficient (Wildman–Crippen LogP) is 0.477. The summed E-state index contributed by atoms with van der Waals surface area (Å²) in [6.45, 7) is 3.72. The van der Waals surface area contributed by atoms with E-state index in [1.54, 1.807) is 0 Å². The lowest BCUT2D eigenvalue weighted by atomic mass is 9.98. The van der Waals surface area contributed by atoms with E-state index in [1.165, 1.54) is 43.1 Å². The van der Waals surface area contributed by atoms with Crippen molar-refractivity contribution in [2.24, 2.45) is 5.92 Å². The summed E-state index contributed by atoms with van der Waals surface area (Å²) in [5.41, 5.74) is 5.13. The summed E-state index contributed by atoms with van der Waals surface area (Å²) < 4.78 is 0. The van der Waals surface area contributed by atoms with Gasteiger partial charge in [0.1, 0.15) is 11.7 Å². The summed E-state index contributed by atoms with van der Waals surface area (Å²) in [5.74, 6) is -1.68. The first kappa shape index (κ1) is 19.0. The molecule has 0 aliphatic carbocycles. The molecule has 2 rings (SSSR count). The molecule has 2 atom stereocenters. The van der Waals surface area contributed by atoms with Gasteiger partial charge >= 0.3 is 0 Å². The van der Waals surface area contributed by atoms with Crippen molar-refractivity contribution in [2.75, 3.05) is 0 Å². The molecule has 2 aromatic heterocycles. The number of hydrogen-bond donors (Lipinski definition) is 3. The van der Waals surface area contributed by atoms with Crippen LogP contribution >= 0.6 is 0 Å². The van der Waals surface area contributed by atoms with Crippen LogP contribution in [0.2, 0.25) is 0 Å². The van der Waals surface area contributed by atoms with Gasteiger partial charge in [-0.15, -0.1) is 0 Å². The van der Waals surface area contributed by atoms with E-state index >= 15 is 0 Å². The van der Waals surface area contributed by atoms with Crippen LogP contribution < -0.4 is 16.2 Å². The lowest BCUT2D eigenvalue weighted by Crippen LogP contribution is -2.54. The second-order valence-electron chi connectivity index (χ2n) is 5.61. The van der Waals surface area contributed by atoms with E-state index in [-0.39, 0.29) is 11.6 Å². The molecule has 9 nitrogen and oxygen atoms in total. The topological polar surface area (TPSA) is 126 Å². The van der Waals surface area contributed by atoms with Crippen molar-refractivity contribution in [1.29, 1.82) is 0 Å². The third kappa shape index (κ3) is 5.07. The Labute approximate surface area is 150 Å². The molecular weight excluding hydrogens is 336 g/mol. The summed E-state index contributed by atoms with van der Waals surface area (Å²) in [6.07, 6.45) is 7.75. The van der Waals surface area contributed by atoms with Gasteiger partial charge in [-0.25, -0.2) is 4.98 Å². The van der Waals surface area contributed by atoms with Gasteiger partial charge in [0.25, 0.3) is 17.7 Å². The Morgan fingerprint density at radius 1 is 1.00 bits per heavy atom. The van der Waals surface area contributed by atoms with Gasteiger partial charge in [0, 0.05) is 30.4 Å². The van der Waals surface area contributed by atoms with Gasteiger partial charge in [0.2, 0.25) is 0 Å². The minimum atomic E-state index is -0.841. The maximum absolute atomic E-state index is 12.5. The first-order valence-corrected chi connectivity index (χ1v) is 8.10. The number of pyridine rings is 1. The van der Waals surface area contributed by atoms with Crippen LogP contribution in [-0.2, 0) is 4.79 Å². The lowest BCUT2D eigenvalue weighted by Gasteiger charge is -2.23. The molecule has 0 fully saturated rings. The van der Waals surface area contributed by atoms with Crippen molar-refractivity contribution < 1.29 is 14.4 Å². The normalized spacial score (nSPS) is 12.5. The number of carbonyl (C=O) groups is 3. The van der Waals surface area contributed by atoms with Gasteiger partial charge in [0.15, 0.2) is 0 Å². The number of amides is 3. The van der Waals surface area contributed by atoms with E-state index in [9.17, 15) is 14.4 Å². The van der Waals surface area contributed by atoms with E-state index in [0.717, 1.165) is 0 Å². The molecule has 0 radical (unpaired) electrons. The summed E-state index contributed by atoms with van der Waals surface area (Å²) in [6, 6.07) is 2.19. The molecule has 0 saturated carbocycles. The molecule has 0 aromatic carbocycles. The van der Waals surface area contributed by atoms with E-state index in [0.29, 0.717) is 12.0 Å². The Morgan fingerprint density at radius 2 is 1.73 bits per heavy atom. The molecule has 9 heteroatoms. The first-order valence-electron chi connectivity index (χ1n) is 8.10. The zero-order valence-electron chi connectivity index (χ0n) is 14.5. The van der Waals surface area contributed by atoms with Gasteiger partial charge in [-0.3, -0.25) is 35.2 Å². The fourth-order valence-corrected chi connectivity index (χ4v) is 2.11. The van der Waals surface area contributed by atoms with Crippen LogP contribution in [0.3, 0.4) is 0 Å². The Balaban J connectivity index is 2.00. The molecule has 0 spiro atoms. The summed E-state index contributed by atoms with van der Waals surface area (Å²) in [4.78, 5) is 48.3. The maximum Gasteiger partial charge on any atom is 0.272 e. The Kier molecular flexibility index (Phi) is 6.72. The highest BCUT2D eigenvalue weighted by molar-refractivity contribution is 5.98. The van der Waals surface area contributed by atoms with Crippen molar-refractivity contribution in [1.82, 2.24) is 31.1 Å². The zero-order valence-corrected chi connectivity index (χ0v) is 14.5. The van der Waals surface area contributed by atoms with Crippen LogP contribution in [0.4, 0.5) is 0 Å². The molecule has 136 valence electrons. The van der Waals surface area contributed by atoms with Gasteiger partial charge in [-0.1, -0.05) is 20.3 Å². The van der Waals surface area contributed by atoms with Gasteiger partial charge < -0.3 is 5.32 Å². The first-order chi connectivity index (χ1) is 12.5. The number of hydrogen-bond acceptors (Lipinski definition) is 6. The van der Waals surface area contributed by atoms with Crippen LogP contribution in [0.5, 0.6) is 0 Å². The standard InChI is InChI=1S/C17H20N6O3/c1-3-11(2)14(21-16(25)13-10-19-8-9-20-13)17(26)23-22-15(24)12-4-6-18-7-5-12/h4-11,14H,3H2,1-2H3,(H,21,25)(H,22,24)(H,23,26). The molecule has 0 bridgehead atoms. The number of rotatable bonds is 6. The largest absolute Gasteiger partial charge is 0.339 e. The Bertz CT molecular complexity index is 754. The number of hydrazine groups is 1. The molecule has 0 saturated heterocycles. The Morgan fingerprint density at radius 3 is 2.35 bits per heavy atom. The summed E-state index contributed by atoms with van der Waals surface area (Å²) in [5, 5.41) is 2.63. The number of aromatic nitrogens is 3. The molecule has 0 aliphatic heterocycles. The smallest absolute Gasteiger partial charge is 0.272 e. The number of carbonyl (C=O) groups excluding carboxylic acids is 3. The quantitative estimate of drug-likeness (QED) is 0.646. The minimum absolute atomic E-state index is 0.106. The molecule has 2 unspecified atom stereocenters. The van der Waals surface area contributed by atoms with E-state index in [2.05, 4.69) is 31.1 Å². The molecule has 2 heterocycles. The highest BCUT2D eigenvalue weighted by Crippen LogP contribution is 2.09. The predicted molar refractivity (Wildman–Crippen MR) is 92.6 cm³/mol. The van der Waals surface area contributed by atoms with E-state index < -0.39 is 23.8 Å². The molecule has 3 N–H and O–H groups in total. The summed E-state index contributed by atoms with van der Waals surface area (Å²) >= 11 is 0. The van der Waals surface area contributed by atoms with Crippen LogP contribution in [0.15, 0.2) is 43.1 Å². The van der Waals surface area contributed by atoms with Crippen molar-refractivity contribution >= 4 is 17.7 Å². The second-order valence-corrected chi connectivity index (χ2v) is 5.61. The minimum Gasteiger partial charge on any atom is -0.339 e. The van der Waals surface area contributed by atoms with Crippen LogP contribution in [0.1, 0.15) is 41.1 Å². The average molecular weight is 356 g/mol. The maximum atomic E-state index is 12.5. The molecule has 3 amide bonds. The summed E-state index contributed by atoms with van der Waals surface area (Å²) in [7, 11) is 0. The zero-order chi connectivity index (χ0) is 18.9. The molecule has 26 heavy (non-hydrogen) atoms. The lowest BCUT2D eigenvalue weighted by molar-refractivity contribution is -0.124. The third-order valence-electron chi connectivity index (χ3n) is 3.82. The average Bonchev–Trinajstić information content (AvgIpc) is 2.70. The molecular formula is C17H20N6O3. The monoisotopic (exact) mass is 356 g/mol.